The normalized spacial score (nSPS) is 11.1. The van der Waals surface area contributed by atoms with E-state index in [-0.39, 0.29) is 5.56 Å². The number of anilines is 1. The highest BCUT2D eigenvalue weighted by molar-refractivity contribution is 6.68. The second kappa shape index (κ2) is 5.57. The Balaban J connectivity index is 2.47. The van der Waals surface area contributed by atoms with E-state index in [1.165, 1.54) is 0 Å². The number of aryl methyl sites for hydroxylation is 2. The van der Waals surface area contributed by atoms with Crippen molar-refractivity contribution >= 4 is 33.6 Å². The maximum atomic E-state index is 11.4. The largest absolute Gasteiger partial charge is 0.397 e. The molecule has 0 bridgehead atoms. The fraction of sp³-hybridized carbons (Fsp3) is 0.462. The zero-order valence-electron chi connectivity index (χ0n) is 11.1. The molecular formula is C13H17ClN4O. The summed E-state index contributed by atoms with van der Waals surface area (Å²) in [4.78, 5) is 15.8. The summed E-state index contributed by atoms with van der Waals surface area (Å²) in [7, 11) is 0. The molecule has 0 aliphatic carbocycles. The first-order valence-electron chi connectivity index (χ1n) is 6.37. The highest BCUT2D eigenvalue weighted by Crippen LogP contribution is 2.26. The zero-order chi connectivity index (χ0) is 14.0. The molecule has 5 nitrogen and oxygen atoms in total. The standard InChI is InChI=1S/C13H17ClN4O/c1-3-4-5-6-18-13-9(7-16-18)11(15)10(12(14)19)8(2)17-13/h7H,3-6H2,1-2H3,(H2,15,17). The zero-order valence-corrected chi connectivity index (χ0v) is 11.9. The highest BCUT2D eigenvalue weighted by Gasteiger charge is 2.17. The van der Waals surface area contributed by atoms with Crippen LogP contribution in [0.3, 0.4) is 0 Å². The highest BCUT2D eigenvalue weighted by atomic mass is 35.5. The fourth-order valence-corrected chi connectivity index (χ4v) is 2.39. The maximum Gasteiger partial charge on any atom is 0.256 e. The second-order valence-corrected chi connectivity index (χ2v) is 4.91. The minimum atomic E-state index is -0.580. The molecule has 2 aromatic heterocycles. The molecule has 2 rings (SSSR count). The number of aromatic nitrogens is 3. The summed E-state index contributed by atoms with van der Waals surface area (Å²) in [6.45, 7) is 4.69. The van der Waals surface area contributed by atoms with Crippen LogP contribution in [0, 0.1) is 6.92 Å². The molecule has 0 atom stereocenters. The Bertz CT molecular complexity index is 621. The Morgan fingerprint density at radius 3 is 2.84 bits per heavy atom. The van der Waals surface area contributed by atoms with Gasteiger partial charge in [-0.1, -0.05) is 19.8 Å². The van der Waals surface area contributed by atoms with Gasteiger partial charge in [-0.2, -0.15) is 5.10 Å². The number of carbonyl (C=O) groups is 1. The molecule has 0 aliphatic heterocycles. The number of rotatable bonds is 5. The van der Waals surface area contributed by atoms with Crippen LogP contribution in [0.1, 0.15) is 42.2 Å². The van der Waals surface area contributed by atoms with Crippen LogP contribution in [0.15, 0.2) is 6.20 Å². The summed E-state index contributed by atoms with van der Waals surface area (Å²) in [5.41, 5.74) is 7.89. The third-order valence-corrected chi connectivity index (χ3v) is 3.37. The second-order valence-electron chi connectivity index (χ2n) is 4.57. The predicted octanol–water partition coefficient (Wildman–Crippen LogP) is 2.89. The van der Waals surface area contributed by atoms with Gasteiger partial charge in [-0.25, -0.2) is 9.67 Å². The van der Waals surface area contributed by atoms with Gasteiger partial charge in [-0.15, -0.1) is 0 Å². The summed E-state index contributed by atoms with van der Waals surface area (Å²) >= 11 is 5.54. The van der Waals surface area contributed by atoms with Gasteiger partial charge >= 0.3 is 0 Å². The topological polar surface area (TPSA) is 73.8 Å². The number of nitrogen functional groups attached to an aromatic ring is 1. The van der Waals surface area contributed by atoms with Gasteiger partial charge in [0.1, 0.15) is 0 Å². The summed E-state index contributed by atoms with van der Waals surface area (Å²) in [6, 6.07) is 0. The van der Waals surface area contributed by atoms with Gasteiger partial charge in [0.25, 0.3) is 5.24 Å². The lowest BCUT2D eigenvalue weighted by Gasteiger charge is -2.07. The summed E-state index contributed by atoms with van der Waals surface area (Å²) in [5.74, 6) is 0. The van der Waals surface area contributed by atoms with E-state index >= 15 is 0 Å². The molecule has 0 unspecified atom stereocenters. The average molecular weight is 281 g/mol. The van der Waals surface area contributed by atoms with Crippen LogP contribution in [0.25, 0.3) is 11.0 Å². The minimum Gasteiger partial charge on any atom is -0.397 e. The lowest BCUT2D eigenvalue weighted by atomic mass is 10.1. The number of carbonyl (C=O) groups excluding carboxylic acids is 1. The molecule has 102 valence electrons. The first-order chi connectivity index (χ1) is 9.06. The van der Waals surface area contributed by atoms with E-state index in [1.54, 1.807) is 13.1 Å². The molecule has 0 saturated carbocycles. The van der Waals surface area contributed by atoms with Crippen LogP contribution < -0.4 is 5.73 Å². The van der Waals surface area contributed by atoms with Crippen molar-refractivity contribution in [2.45, 2.75) is 39.7 Å². The smallest absolute Gasteiger partial charge is 0.256 e. The van der Waals surface area contributed by atoms with Gasteiger partial charge < -0.3 is 5.73 Å². The van der Waals surface area contributed by atoms with Gasteiger partial charge in [-0.05, 0) is 24.9 Å². The molecule has 0 aliphatic rings. The van der Waals surface area contributed by atoms with E-state index in [1.807, 2.05) is 4.68 Å². The Kier molecular flexibility index (Phi) is 4.04. The van der Waals surface area contributed by atoms with Gasteiger partial charge in [0.15, 0.2) is 5.65 Å². The van der Waals surface area contributed by atoms with Crippen molar-refractivity contribution in [3.05, 3.63) is 17.5 Å². The SMILES string of the molecule is CCCCCn1ncc2c(N)c(C(=O)Cl)c(C)nc21. The van der Waals surface area contributed by atoms with E-state index in [4.69, 9.17) is 17.3 Å². The lowest BCUT2D eigenvalue weighted by Crippen LogP contribution is -2.06. The number of hydrogen-bond donors (Lipinski definition) is 1. The molecule has 2 aromatic rings. The molecule has 6 heteroatoms. The molecule has 0 saturated heterocycles. The third-order valence-electron chi connectivity index (χ3n) is 3.18. The molecule has 0 spiro atoms. The summed E-state index contributed by atoms with van der Waals surface area (Å²) in [6.07, 6.45) is 4.99. The monoisotopic (exact) mass is 280 g/mol. The Hall–Kier alpha value is -1.62. The first kappa shape index (κ1) is 13.8. The molecule has 0 fully saturated rings. The Labute approximate surface area is 116 Å². The van der Waals surface area contributed by atoms with E-state index < -0.39 is 5.24 Å². The van der Waals surface area contributed by atoms with Crippen LogP contribution in [0.4, 0.5) is 5.69 Å². The molecule has 2 N–H and O–H groups in total. The number of hydrogen-bond acceptors (Lipinski definition) is 4. The van der Waals surface area contributed by atoms with E-state index in [0.29, 0.717) is 22.4 Å². The predicted molar refractivity (Wildman–Crippen MR) is 76.4 cm³/mol. The molecule has 0 aromatic carbocycles. The number of fused-ring (bicyclic) bond motifs is 1. The first-order valence-corrected chi connectivity index (χ1v) is 6.75. The average Bonchev–Trinajstić information content (AvgIpc) is 2.72. The number of unbranched alkanes of at least 4 members (excludes halogenated alkanes) is 2. The van der Waals surface area contributed by atoms with Crippen molar-refractivity contribution in [3.63, 3.8) is 0 Å². The van der Waals surface area contributed by atoms with E-state index in [9.17, 15) is 4.79 Å². The van der Waals surface area contributed by atoms with Crippen molar-refractivity contribution in [2.24, 2.45) is 0 Å². The van der Waals surface area contributed by atoms with Crippen LogP contribution in [0.5, 0.6) is 0 Å². The van der Waals surface area contributed by atoms with Crippen LogP contribution >= 0.6 is 11.6 Å². The number of halogens is 1. The molecular weight excluding hydrogens is 264 g/mol. The lowest BCUT2D eigenvalue weighted by molar-refractivity contribution is 0.108. The maximum absolute atomic E-state index is 11.4. The van der Waals surface area contributed by atoms with Crippen molar-refractivity contribution in [1.29, 1.82) is 0 Å². The van der Waals surface area contributed by atoms with E-state index in [0.717, 1.165) is 25.8 Å². The number of nitrogens with two attached hydrogens (primary N) is 1. The van der Waals surface area contributed by atoms with E-state index in [2.05, 4.69) is 17.0 Å². The van der Waals surface area contributed by atoms with Crippen molar-refractivity contribution in [1.82, 2.24) is 14.8 Å². The van der Waals surface area contributed by atoms with Crippen molar-refractivity contribution in [2.75, 3.05) is 5.73 Å². The van der Waals surface area contributed by atoms with Crippen LogP contribution in [-0.2, 0) is 6.54 Å². The van der Waals surface area contributed by atoms with Gasteiger partial charge in [-0.3, -0.25) is 4.79 Å². The van der Waals surface area contributed by atoms with Gasteiger partial charge in [0, 0.05) is 6.54 Å². The van der Waals surface area contributed by atoms with Crippen molar-refractivity contribution < 1.29 is 4.79 Å². The molecule has 0 amide bonds. The summed E-state index contributed by atoms with van der Waals surface area (Å²) < 4.78 is 1.83. The summed E-state index contributed by atoms with van der Waals surface area (Å²) in [5, 5.41) is 4.40. The Morgan fingerprint density at radius 2 is 2.21 bits per heavy atom. The molecule has 19 heavy (non-hydrogen) atoms. The van der Waals surface area contributed by atoms with Crippen molar-refractivity contribution in [3.8, 4) is 0 Å². The minimum absolute atomic E-state index is 0.280. The van der Waals surface area contributed by atoms with Gasteiger partial charge in [0.05, 0.1) is 28.5 Å². The molecule has 2 heterocycles. The molecule has 0 radical (unpaired) electrons. The quantitative estimate of drug-likeness (QED) is 0.675. The number of pyridine rings is 1. The number of nitrogens with zero attached hydrogens (tertiary/aromatic N) is 3. The Morgan fingerprint density at radius 1 is 1.47 bits per heavy atom. The fourth-order valence-electron chi connectivity index (χ4n) is 2.15. The van der Waals surface area contributed by atoms with Crippen LogP contribution in [0.2, 0.25) is 0 Å². The van der Waals surface area contributed by atoms with Crippen LogP contribution in [-0.4, -0.2) is 20.0 Å². The third kappa shape index (κ3) is 2.56. The van der Waals surface area contributed by atoms with Gasteiger partial charge in [0.2, 0.25) is 0 Å².